The Kier molecular flexibility index (Phi) is 6.90. The van der Waals surface area contributed by atoms with Crippen LogP contribution >= 0.6 is 23.2 Å². The molecule has 30 heavy (non-hydrogen) atoms. The number of nitrogens with one attached hydrogen (secondary N) is 1. The molecular formula is C22H22Cl2N2O4. The molecule has 1 heterocycles. The lowest BCUT2D eigenvalue weighted by molar-refractivity contribution is -0.123. The Morgan fingerprint density at radius 2 is 1.90 bits per heavy atom. The fourth-order valence-electron chi connectivity index (χ4n) is 2.90. The molecule has 1 saturated heterocycles. The molecule has 1 aliphatic rings. The maximum absolute atomic E-state index is 12.8. The minimum atomic E-state index is -0.513. The van der Waals surface area contributed by atoms with Crippen molar-refractivity contribution >= 4 is 41.2 Å². The van der Waals surface area contributed by atoms with Crippen LogP contribution in [0.2, 0.25) is 10.0 Å². The maximum atomic E-state index is 12.8. The van der Waals surface area contributed by atoms with Crippen LogP contribution in [0.4, 0.5) is 4.79 Å². The first kappa shape index (κ1) is 22.0. The molecule has 0 saturated carbocycles. The van der Waals surface area contributed by atoms with Crippen molar-refractivity contribution < 1.29 is 19.1 Å². The zero-order chi connectivity index (χ0) is 21.8. The Bertz CT molecular complexity index is 1010. The summed E-state index contributed by atoms with van der Waals surface area (Å²) in [5, 5.41) is 3.44. The first-order valence-corrected chi connectivity index (χ1v) is 10.2. The van der Waals surface area contributed by atoms with Gasteiger partial charge in [0.2, 0.25) is 0 Å². The van der Waals surface area contributed by atoms with Crippen molar-refractivity contribution in [3.8, 4) is 11.5 Å². The van der Waals surface area contributed by atoms with Gasteiger partial charge in [-0.2, -0.15) is 0 Å². The van der Waals surface area contributed by atoms with Crippen LogP contribution in [-0.4, -0.2) is 30.1 Å². The highest BCUT2D eigenvalue weighted by molar-refractivity contribution is 6.32. The smallest absolute Gasteiger partial charge is 0.329 e. The minimum Gasteiger partial charge on any atom is -0.493 e. The molecule has 6 nitrogen and oxygen atoms in total. The van der Waals surface area contributed by atoms with Gasteiger partial charge in [0.25, 0.3) is 5.91 Å². The summed E-state index contributed by atoms with van der Waals surface area (Å²) in [5.41, 5.74) is 1.41. The van der Waals surface area contributed by atoms with Gasteiger partial charge < -0.3 is 14.8 Å². The molecule has 0 aromatic heterocycles. The molecule has 1 fully saturated rings. The summed E-state index contributed by atoms with van der Waals surface area (Å²) in [7, 11) is 1.51. The van der Waals surface area contributed by atoms with E-state index in [0.29, 0.717) is 32.7 Å². The van der Waals surface area contributed by atoms with Gasteiger partial charge >= 0.3 is 6.03 Å². The van der Waals surface area contributed by atoms with Gasteiger partial charge in [-0.15, -0.1) is 0 Å². The molecule has 8 heteroatoms. The maximum Gasteiger partial charge on any atom is 0.329 e. The normalized spacial score (nSPS) is 16.0. The number of nitrogens with zero attached hydrogens (tertiary/aromatic N) is 1. The van der Waals surface area contributed by atoms with Gasteiger partial charge in [-0.05, 0) is 48.7 Å². The second-order valence-electron chi connectivity index (χ2n) is 6.84. The Balaban J connectivity index is 1.86. The molecular weight excluding hydrogens is 427 g/mol. The van der Waals surface area contributed by atoms with Gasteiger partial charge in [0.1, 0.15) is 5.70 Å². The van der Waals surface area contributed by atoms with Crippen LogP contribution in [0, 0.1) is 0 Å². The van der Waals surface area contributed by atoms with Crippen LogP contribution in [0.15, 0.2) is 42.1 Å². The molecule has 158 valence electrons. The summed E-state index contributed by atoms with van der Waals surface area (Å²) < 4.78 is 11.2. The highest BCUT2D eigenvalue weighted by atomic mass is 35.5. The van der Waals surface area contributed by atoms with Crippen molar-refractivity contribution in [2.75, 3.05) is 7.11 Å². The average Bonchev–Trinajstić information content (AvgIpc) is 2.98. The summed E-state index contributed by atoms with van der Waals surface area (Å²) in [4.78, 5) is 26.2. The Hall–Kier alpha value is -2.70. The third-order valence-electron chi connectivity index (χ3n) is 4.71. The number of imide groups is 1. The van der Waals surface area contributed by atoms with Crippen molar-refractivity contribution in [3.05, 3.63) is 63.3 Å². The van der Waals surface area contributed by atoms with Crippen molar-refractivity contribution in [2.45, 2.75) is 32.9 Å². The number of hydrogen-bond donors (Lipinski definition) is 1. The molecule has 1 N–H and O–H groups in total. The number of rotatable bonds is 7. The van der Waals surface area contributed by atoms with E-state index in [-0.39, 0.29) is 18.3 Å². The highest BCUT2D eigenvalue weighted by Crippen LogP contribution is 2.38. The van der Waals surface area contributed by atoms with Gasteiger partial charge in [-0.25, -0.2) is 4.79 Å². The molecule has 0 aliphatic carbocycles. The number of ether oxygens (including phenoxy) is 2. The average molecular weight is 449 g/mol. The SMILES string of the molecule is CC[C@@H](C)Oc1c(Cl)cc(/C=C2\NC(=O)N(Cc3ccccc3Cl)C2=O)cc1OC. The summed E-state index contributed by atoms with van der Waals surface area (Å²) in [5.74, 6) is 0.437. The van der Waals surface area contributed by atoms with Crippen molar-refractivity contribution in [1.29, 1.82) is 0 Å². The van der Waals surface area contributed by atoms with Crippen LogP contribution in [-0.2, 0) is 11.3 Å². The van der Waals surface area contributed by atoms with E-state index >= 15 is 0 Å². The summed E-state index contributed by atoms with van der Waals surface area (Å²) >= 11 is 12.5. The Morgan fingerprint density at radius 3 is 2.57 bits per heavy atom. The summed E-state index contributed by atoms with van der Waals surface area (Å²) in [6.45, 7) is 4.02. The van der Waals surface area contributed by atoms with E-state index in [9.17, 15) is 9.59 Å². The van der Waals surface area contributed by atoms with E-state index in [2.05, 4.69) is 5.32 Å². The van der Waals surface area contributed by atoms with Gasteiger partial charge in [0, 0.05) is 5.02 Å². The van der Waals surface area contributed by atoms with E-state index in [1.54, 1.807) is 42.5 Å². The predicted molar refractivity (Wildman–Crippen MR) is 117 cm³/mol. The van der Waals surface area contributed by atoms with Crippen molar-refractivity contribution in [1.82, 2.24) is 10.2 Å². The Morgan fingerprint density at radius 1 is 1.17 bits per heavy atom. The van der Waals surface area contributed by atoms with Crippen molar-refractivity contribution in [2.24, 2.45) is 0 Å². The zero-order valence-corrected chi connectivity index (χ0v) is 18.4. The van der Waals surface area contributed by atoms with E-state index in [1.807, 2.05) is 13.8 Å². The van der Waals surface area contributed by atoms with E-state index in [1.165, 1.54) is 7.11 Å². The molecule has 1 atom stereocenters. The fraction of sp³-hybridized carbons (Fsp3) is 0.273. The van der Waals surface area contributed by atoms with Crippen LogP contribution < -0.4 is 14.8 Å². The summed E-state index contributed by atoms with van der Waals surface area (Å²) in [6.07, 6.45) is 2.33. The van der Waals surface area contributed by atoms with Gasteiger partial charge in [-0.3, -0.25) is 9.69 Å². The predicted octanol–water partition coefficient (Wildman–Crippen LogP) is 5.27. The van der Waals surface area contributed by atoms with Crippen molar-refractivity contribution in [3.63, 3.8) is 0 Å². The van der Waals surface area contributed by atoms with Crippen LogP contribution in [0.1, 0.15) is 31.4 Å². The topological polar surface area (TPSA) is 67.9 Å². The number of carbonyl (C=O) groups is 2. The number of hydrogen-bond acceptors (Lipinski definition) is 4. The third-order valence-corrected chi connectivity index (χ3v) is 5.35. The number of halogens is 2. The second-order valence-corrected chi connectivity index (χ2v) is 7.66. The number of benzene rings is 2. The van der Waals surface area contributed by atoms with E-state index < -0.39 is 11.9 Å². The highest BCUT2D eigenvalue weighted by Gasteiger charge is 2.34. The zero-order valence-electron chi connectivity index (χ0n) is 16.9. The lowest BCUT2D eigenvalue weighted by Gasteiger charge is -2.17. The fourth-order valence-corrected chi connectivity index (χ4v) is 3.36. The van der Waals surface area contributed by atoms with Gasteiger partial charge in [0.15, 0.2) is 11.5 Å². The molecule has 0 radical (unpaired) electrons. The van der Waals surface area contributed by atoms with E-state index in [0.717, 1.165) is 11.3 Å². The lowest BCUT2D eigenvalue weighted by atomic mass is 10.1. The largest absolute Gasteiger partial charge is 0.493 e. The second kappa shape index (κ2) is 9.41. The molecule has 3 amide bonds. The summed E-state index contributed by atoms with van der Waals surface area (Å²) in [6, 6.07) is 9.91. The van der Waals surface area contributed by atoms with E-state index in [4.69, 9.17) is 32.7 Å². The van der Waals surface area contributed by atoms with Crippen LogP contribution in [0.3, 0.4) is 0 Å². The number of amides is 3. The molecule has 0 spiro atoms. The number of methoxy groups -OCH3 is 1. The van der Waals surface area contributed by atoms with Crippen LogP contribution in [0.5, 0.6) is 11.5 Å². The number of carbonyl (C=O) groups excluding carboxylic acids is 2. The number of urea groups is 1. The molecule has 3 rings (SSSR count). The quantitative estimate of drug-likeness (QED) is 0.462. The molecule has 1 aliphatic heterocycles. The molecule has 2 aromatic rings. The standard InChI is InChI=1S/C22H22Cl2N2O4/c1-4-13(2)30-20-17(24)9-14(11-19(20)29-3)10-18-21(27)26(22(28)25-18)12-15-7-5-6-8-16(15)23/h5-11,13H,4,12H2,1-3H3,(H,25,28)/b18-10-/t13-/m1/s1. The monoisotopic (exact) mass is 448 g/mol. The lowest BCUT2D eigenvalue weighted by Crippen LogP contribution is -2.30. The van der Waals surface area contributed by atoms with Gasteiger partial charge in [-0.1, -0.05) is 48.3 Å². The molecule has 0 bridgehead atoms. The first-order valence-electron chi connectivity index (χ1n) is 9.46. The Labute approximate surface area is 185 Å². The molecule has 0 unspecified atom stereocenters. The van der Waals surface area contributed by atoms with Crippen LogP contribution in [0.25, 0.3) is 6.08 Å². The molecule has 2 aromatic carbocycles. The third kappa shape index (κ3) is 4.71. The van der Waals surface area contributed by atoms with Gasteiger partial charge in [0.05, 0.1) is 24.8 Å². The minimum absolute atomic E-state index is 0.0327. The first-order chi connectivity index (χ1) is 14.3.